The van der Waals surface area contributed by atoms with Gasteiger partial charge in [0.05, 0.1) is 53.4 Å². The first-order valence-electron chi connectivity index (χ1n) is 15.1. The Morgan fingerprint density at radius 3 is 2.41 bits per heavy atom. The van der Waals surface area contributed by atoms with Crippen LogP contribution < -0.4 is 9.47 Å². The van der Waals surface area contributed by atoms with Crippen molar-refractivity contribution in [2.24, 2.45) is 11.3 Å². The standard InChI is InChI=1S/C31H49N3O7/c1-7-8-12-32(13-9-14-34(4,5)6)27(35)20-33-19-23(22-10-11-25-26(17-22)41-21-40-25)28(29(36)37)24(33)18-31(2,3)30-38-15-16-39-30/h10-11,17,23-24,28,30H,7-9,12-16,18-21H2,1-6H3/p+1/t23-,24+,28?/m1/s1. The highest BCUT2D eigenvalue weighted by Crippen LogP contribution is 2.46. The summed E-state index contributed by atoms with van der Waals surface area (Å²) in [7, 11) is 6.48. The van der Waals surface area contributed by atoms with Gasteiger partial charge in [0.15, 0.2) is 17.8 Å². The molecule has 0 aliphatic carbocycles. The predicted octanol–water partition coefficient (Wildman–Crippen LogP) is 3.40. The fourth-order valence-electron chi connectivity index (χ4n) is 6.39. The third-order valence-corrected chi connectivity index (χ3v) is 8.58. The van der Waals surface area contributed by atoms with Gasteiger partial charge in [-0.1, -0.05) is 33.3 Å². The quantitative estimate of drug-likeness (QED) is 0.337. The molecule has 1 unspecified atom stereocenters. The van der Waals surface area contributed by atoms with Gasteiger partial charge in [-0.2, -0.15) is 0 Å². The molecule has 3 aliphatic rings. The molecule has 2 fully saturated rings. The number of aliphatic carboxylic acids is 1. The van der Waals surface area contributed by atoms with Gasteiger partial charge in [0, 0.05) is 43.4 Å². The van der Waals surface area contributed by atoms with E-state index < -0.39 is 23.6 Å². The third-order valence-electron chi connectivity index (χ3n) is 8.58. The monoisotopic (exact) mass is 576 g/mol. The number of carboxylic acids is 1. The van der Waals surface area contributed by atoms with Gasteiger partial charge in [-0.05, 0) is 30.5 Å². The SMILES string of the molecule is CCCCN(CCC[N+](C)(C)C)C(=O)CN1C[C@H](c2ccc3c(c2)OCO3)C(C(=O)O)[C@@H]1CC(C)(C)C1OCCO1. The molecule has 0 aromatic heterocycles. The van der Waals surface area contributed by atoms with Crippen LogP contribution in [0.2, 0.25) is 0 Å². The van der Waals surface area contributed by atoms with Crippen LogP contribution >= 0.6 is 0 Å². The summed E-state index contributed by atoms with van der Waals surface area (Å²) in [6, 6.07) is 5.32. The number of amides is 1. The molecule has 230 valence electrons. The molecule has 0 saturated carbocycles. The Kier molecular flexibility index (Phi) is 10.2. The van der Waals surface area contributed by atoms with Crippen LogP contribution in [0.1, 0.15) is 57.9 Å². The average Bonchev–Trinajstić information content (AvgIpc) is 3.65. The molecule has 0 spiro atoms. The lowest BCUT2D eigenvalue weighted by molar-refractivity contribution is -0.870. The number of ether oxygens (including phenoxy) is 4. The number of carbonyl (C=O) groups excluding carboxylic acids is 1. The van der Waals surface area contributed by atoms with E-state index in [1.807, 2.05) is 23.1 Å². The first-order chi connectivity index (χ1) is 19.4. The lowest BCUT2D eigenvalue weighted by Gasteiger charge is -2.37. The Labute approximate surface area is 245 Å². The molecule has 4 rings (SSSR count). The topological polar surface area (TPSA) is 97.8 Å². The first-order valence-corrected chi connectivity index (χ1v) is 15.1. The van der Waals surface area contributed by atoms with Gasteiger partial charge in [0.25, 0.3) is 0 Å². The second-order valence-electron chi connectivity index (χ2n) is 13.4. The van der Waals surface area contributed by atoms with Crippen molar-refractivity contribution in [1.82, 2.24) is 9.80 Å². The normalized spacial score (nSPS) is 23.3. The molecule has 3 atom stereocenters. The number of fused-ring (bicyclic) bond motifs is 1. The predicted molar refractivity (Wildman–Crippen MR) is 155 cm³/mol. The Hall–Kier alpha value is -2.40. The third kappa shape index (κ3) is 7.91. The number of benzene rings is 1. The minimum atomic E-state index is -0.859. The molecule has 1 aromatic carbocycles. The van der Waals surface area contributed by atoms with Crippen LogP contribution in [-0.4, -0.2) is 117 Å². The number of carbonyl (C=O) groups is 2. The first kappa shape index (κ1) is 31.5. The Bertz CT molecular complexity index is 1050. The Morgan fingerprint density at radius 2 is 1.76 bits per heavy atom. The Morgan fingerprint density at radius 1 is 1.07 bits per heavy atom. The van der Waals surface area contributed by atoms with E-state index in [-0.39, 0.29) is 31.2 Å². The zero-order valence-corrected chi connectivity index (χ0v) is 25.8. The highest BCUT2D eigenvalue weighted by molar-refractivity contribution is 5.79. The smallest absolute Gasteiger partial charge is 0.308 e. The summed E-state index contributed by atoms with van der Waals surface area (Å²) in [6.45, 7) is 10.5. The van der Waals surface area contributed by atoms with Crippen LogP contribution in [0.15, 0.2) is 18.2 Å². The van der Waals surface area contributed by atoms with Crippen LogP contribution in [0.4, 0.5) is 0 Å². The zero-order chi connectivity index (χ0) is 29.8. The average molecular weight is 577 g/mol. The van der Waals surface area contributed by atoms with Crippen molar-refractivity contribution in [2.75, 3.05) is 73.9 Å². The van der Waals surface area contributed by atoms with E-state index in [0.717, 1.165) is 35.9 Å². The second kappa shape index (κ2) is 13.3. The molecule has 1 aromatic rings. The fourth-order valence-corrected chi connectivity index (χ4v) is 6.39. The van der Waals surface area contributed by atoms with Crippen molar-refractivity contribution in [3.63, 3.8) is 0 Å². The number of hydrogen-bond donors (Lipinski definition) is 1. The van der Waals surface area contributed by atoms with Crippen LogP contribution in [0.3, 0.4) is 0 Å². The molecule has 0 bridgehead atoms. The molecule has 1 amide bonds. The number of nitrogens with zero attached hydrogens (tertiary/aromatic N) is 3. The van der Waals surface area contributed by atoms with Crippen LogP contribution in [0.25, 0.3) is 0 Å². The summed E-state index contributed by atoms with van der Waals surface area (Å²) in [6.07, 6.45) is 2.99. The van der Waals surface area contributed by atoms with Crippen molar-refractivity contribution in [3.05, 3.63) is 23.8 Å². The molecule has 2 saturated heterocycles. The highest BCUT2D eigenvalue weighted by atomic mass is 16.7. The lowest BCUT2D eigenvalue weighted by Crippen LogP contribution is -2.47. The largest absolute Gasteiger partial charge is 0.481 e. The van der Waals surface area contributed by atoms with Gasteiger partial charge in [-0.3, -0.25) is 14.5 Å². The zero-order valence-electron chi connectivity index (χ0n) is 25.8. The fraction of sp³-hybridized carbons (Fsp3) is 0.742. The van der Waals surface area contributed by atoms with Crippen LogP contribution in [-0.2, 0) is 19.1 Å². The summed E-state index contributed by atoms with van der Waals surface area (Å²) in [5, 5.41) is 10.6. The summed E-state index contributed by atoms with van der Waals surface area (Å²) >= 11 is 0. The number of likely N-dealkylation sites (tertiary alicyclic amines) is 1. The lowest BCUT2D eigenvalue weighted by atomic mass is 9.77. The van der Waals surface area contributed by atoms with E-state index in [9.17, 15) is 14.7 Å². The summed E-state index contributed by atoms with van der Waals surface area (Å²) in [4.78, 5) is 30.9. The molecular formula is C31H50N3O7+. The molecule has 3 aliphatic heterocycles. The van der Waals surface area contributed by atoms with Gasteiger partial charge < -0.3 is 33.4 Å². The number of carboxylic acid groups (broad SMARTS) is 1. The van der Waals surface area contributed by atoms with Gasteiger partial charge in [0.1, 0.15) is 0 Å². The summed E-state index contributed by atoms with van der Waals surface area (Å²) < 4.78 is 23.7. The van der Waals surface area contributed by atoms with Gasteiger partial charge in [-0.15, -0.1) is 0 Å². The minimum Gasteiger partial charge on any atom is -0.481 e. The van der Waals surface area contributed by atoms with Gasteiger partial charge in [-0.25, -0.2) is 0 Å². The van der Waals surface area contributed by atoms with E-state index in [1.165, 1.54) is 0 Å². The van der Waals surface area contributed by atoms with E-state index in [4.69, 9.17) is 18.9 Å². The maximum absolute atomic E-state index is 13.8. The second-order valence-corrected chi connectivity index (χ2v) is 13.4. The maximum Gasteiger partial charge on any atom is 0.308 e. The highest BCUT2D eigenvalue weighted by Gasteiger charge is 2.50. The van der Waals surface area contributed by atoms with E-state index in [1.54, 1.807) is 0 Å². The molecule has 3 heterocycles. The molecular weight excluding hydrogens is 526 g/mol. The minimum absolute atomic E-state index is 0.0616. The number of rotatable bonds is 14. The van der Waals surface area contributed by atoms with E-state index >= 15 is 0 Å². The van der Waals surface area contributed by atoms with E-state index in [2.05, 4.69) is 46.8 Å². The van der Waals surface area contributed by atoms with Gasteiger partial charge >= 0.3 is 5.97 Å². The summed E-state index contributed by atoms with van der Waals surface area (Å²) in [5.74, 6) is -0.503. The molecule has 41 heavy (non-hydrogen) atoms. The Balaban J connectivity index is 1.59. The molecule has 0 radical (unpaired) electrons. The summed E-state index contributed by atoms with van der Waals surface area (Å²) in [5.41, 5.74) is 0.450. The molecule has 10 heteroatoms. The van der Waals surface area contributed by atoms with E-state index in [0.29, 0.717) is 50.8 Å². The van der Waals surface area contributed by atoms with Crippen molar-refractivity contribution in [2.45, 2.75) is 64.7 Å². The van der Waals surface area contributed by atoms with Crippen molar-refractivity contribution >= 4 is 11.9 Å². The molecule has 10 nitrogen and oxygen atoms in total. The number of unbranched alkanes of at least 4 members (excludes halogenated alkanes) is 1. The maximum atomic E-state index is 13.8. The van der Waals surface area contributed by atoms with Crippen molar-refractivity contribution in [3.8, 4) is 11.5 Å². The van der Waals surface area contributed by atoms with Crippen LogP contribution in [0.5, 0.6) is 11.5 Å². The molecule has 1 N–H and O–H groups in total. The van der Waals surface area contributed by atoms with Gasteiger partial charge in [0.2, 0.25) is 12.7 Å². The van der Waals surface area contributed by atoms with Crippen molar-refractivity contribution in [1.29, 1.82) is 0 Å². The number of quaternary nitrogens is 1. The van der Waals surface area contributed by atoms with Crippen molar-refractivity contribution < 1.29 is 38.1 Å². The number of hydrogen-bond acceptors (Lipinski definition) is 7. The van der Waals surface area contributed by atoms with Crippen LogP contribution in [0, 0.1) is 11.3 Å².